The van der Waals surface area contributed by atoms with Crippen LogP contribution in [0.5, 0.6) is 11.5 Å². The number of nitrogens with one attached hydrogen (secondary N) is 1. The summed E-state index contributed by atoms with van der Waals surface area (Å²) in [5.74, 6) is -1.36. The van der Waals surface area contributed by atoms with Crippen LogP contribution in [0.1, 0.15) is 20.3 Å². The Morgan fingerprint density at radius 1 is 1.30 bits per heavy atom. The SMILES string of the molecule is CC(C)C[C@@H](NC(=O)COc1ccccc1O)C(=O)O. The van der Waals surface area contributed by atoms with Gasteiger partial charge < -0.3 is 20.3 Å². The third-order valence-electron chi connectivity index (χ3n) is 2.56. The van der Waals surface area contributed by atoms with Crippen LogP contribution in [-0.2, 0) is 9.59 Å². The van der Waals surface area contributed by atoms with Crippen molar-refractivity contribution in [1.82, 2.24) is 5.32 Å². The molecule has 110 valence electrons. The van der Waals surface area contributed by atoms with Crippen molar-refractivity contribution in [3.8, 4) is 11.5 Å². The molecule has 0 aliphatic carbocycles. The van der Waals surface area contributed by atoms with Gasteiger partial charge in [-0.2, -0.15) is 0 Å². The van der Waals surface area contributed by atoms with E-state index in [1.165, 1.54) is 12.1 Å². The van der Waals surface area contributed by atoms with Crippen LogP contribution in [0.15, 0.2) is 24.3 Å². The van der Waals surface area contributed by atoms with Crippen molar-refractivity contribution in [2.75, 3.05) is 6.61 Å². The average molecular weight is 281 g/mol. The van der Waals surface area contributed by atoms with Crippen molar-refractivity contribution in [2.45, 2.75) is 26.3 Å². The van der Waals surface area contributed by atoms with Crippen molar-refractivity contribution < 1.29 is 24.5 Å². The van der Waals surface area contributed by atoms with Crippen LogP contribution in [0, 0.1) is 5.92 Å². The zero-order valence-corrected chi connectivity index (χ0v) is 11.5. The second-order valence-corrected chi connectivity index (χ2v) is 4.84. The Hall–Kier alpha value is -2.24. The molecule has 0 saturated carbocycles. The number of aromatic hydroxyl groups is 1. The Balaban J connectivity index is 2.50. The Labute approximate surface area is 117 Å². The molecule has 0 aliphatic rings. The van der Waals surface area contributed by atoms with Gasteiger partial charge in [0.05, 0.1) is 0 Å². The molecular weight excluding hydrogens is 262 g/mol. The van der Waals surface area contributed by atoms with E-state index in [1.54, 1.807) is 12.1 Å². The fraction of sp³-hybridized carbons (Fsp3) is 0.429. The molecule has 20 heavy (non-hydrogen) atoms. The molecule has 0 fully saturated rings. The van der Waals surface area contributed by atoms with E-state index in [-0.39, 0.29) is 24.0 Å². The number of carboxylic acid groups (broad SMARTS) is 1. The molecule has 0 spiro atoms. The summed E-state index contributed by atoms with van der Waals surface area (Å²) in [6, 6.07) is 5.31. The normalized spacial score (nSPS) is 11.9. The average Bonchev–Trinajstić information content (AvgIpc) is 2.36. The van der Waals surface area contributed by atoms with Crippen LogP contribution in [0.2, 0.25) is 0 Å². The summed E-state index contributed by atoms with van der Waals surface area (Å²) in [6.07, 6.45) is 0.345. The third kappa shape index (κ3) is 5.17. The van der Waals surface area contributed by atoms with Gasteiger partial charge in [-0.25, -0.2) is 4.79 Å². The highest BCUT2D eigenvalue weighted by Gasteiger charge is 2.21. The lowest BCUT2D eigenvalue weighted by Crippen LogP contribution is -2.43. The first-order chi connectivity index (χ1) is 9.40. The van der Waals surface area contributed by atoms with Gasteiger partial charge in [0.25, 0.3) is 5.91 Å². The van der Waals surface area contributed by atoms with Gasteiger partial charge >= 0.3 is 5.97 Å². The number of para-hydroxylation sites is 2. The van der Waals surface area contributed by atoms with Crippen molar-refractivity contribution >= 4 is 11.9 Å². The molecule has 1 amide bonds. The van der Waals surface area contributed by atoms with Crippen molar-refractivity contribution in [2.24, 2.45) is 5.92 Å². The molecule has 1 aromatic carbocycles. The van der Waals surface area contributed by atoms with E-state index in [1.807, 2.05) is 13.8 Å². The van der Waals surface area contributed by atoms with Crippen LogP contribution in [0.4, 0.5) is 0 Å². The Bertz CT molecular complexity index is 472. The Morgan fingerprint density at radius 3 is 2.50 bits per heavy atom. The summed E-state index contributed by atoms with van der Waals surface area (Å²) in [5, 5.41) is 20.9. The van der Waals surface area contributed by atoms with Gasteiger partial charge in [-0.05, 0) is 24.5 Å². The first-order valence-electron chi connectivity index (χ1n) is 6.33. The second-order valence-electron chi connectivity index (χ2n) is 4.84. The van der Waals surface area contributed by atoms with E-state index in [2.05, 4.69) is 5.32 Å². The Morgan fingerprint density at radius 2 is 1.95 bits per heavy atom. The largest absolute Gasteiger partial charge is 0.504 e. The maximum Gasteiger partial charge on any atom is 0.326 e. The van der Waals surface area contributed by atoms with Crippen LogP contribution in [-0.4, -0.2) is 34.7 Å². The quantitative estimate of drug-likeness (QED) is 0.702. The molecule has 3 N–H and O–H groups in total. The van der Waals surface area contributed by atoms with Crippen molar-refractivity contribution in [3.05, 3.63) is 24.3 Å². The maximum atomic E-state index is 11.6. The number of phenolic OH excluding ortho intramolecular Hbond substituents is 1. The molecule has 6 nitrogen and oxygen atoms in total. The number of carbonyl (C=O) groups excluding carboxylic acids is 1. The highest BCUT2D eigenvalue weighted by molar-refractivity contribution is 5.84. The van der Waals surface area contributed by atoms with Crippen LogP contribution in [0.25, 0.3) is 0 Å². The minimum Gasteiger partial charge on any atom is -0.504 e. The summed E-state index contributed by atoms with van der Waals surface area (Å²) in [4.78, 5) is 22.6. The number of carbonyl (C=O) groups is 2. The predicted molar refractivity (Wildman–Crippen MR) is 72.6 cm³/mol. The van der Waals surface area contributed by atoms with Gasteiger partial charge in [0.1, 0.15) is 6.04 Å². The first kappa shape index (κ1) is 15.8. The number of ether oxygens (including phenoxy) is 1. The Kier molecular flexibility index (Phi) is 5.83. The fourth-order valence-corrected chi connectivity index (χ4v) is 1.65. The molecule has 1 rings (SSSR count). The van der Waals surface area contributed by atoms with Crippen molar-refractivity contribution in [3.63, 3.8) is 0 Å². The number of benzene rings is 1. The zero-order chi connectivity index (χ0) is 15.1. The van der Waals surface area contributed by atoms with Crippen molar-refractivity contribution in [1.29, 1.82) is 0 Å². The van der Waals surface area contributed by atoms with E-state index in [4.69, 9.17) is 9.84 Å². The molecule has 0 aliphatic heterocycles. The number of phenols is 1. The summed E-state index contributed by atoms with van der Waals surface area (Å²) in [7, 11) is 0. The van der Waals surface area contributed by atoms with Gasteiger partial charge in [-0.1, -0.05) is 26.0 Å². The zero-order valence-electron chi connectivity index (χ0n) is 11.5. The summed E-state index contributed by atoms with van der Waals surface area (Å²) >= 11 is 0. The predicted octanol–water partition coefficient (Wildman–Crippen LogP) is 1.39. The number of hydrogen-bond donors (Lipinski definition) is 3. The van der Waals surface area contributed by atoms with E-state index in [0.29, 0.717) is 6.42 Å². The van der Waals surface area contributed by atoms with E-state index in [0.717, 1.165) is 0 Å². The molecule has 0 bridgehead atoms. The van der Waals surface area contributed by atoms with Gasteiger partial charge in [-0.3, -0.25) is 4.79 Å². The number of carboxylic acids is 1. The number of hydrogen-bond acceptors (Lipinski definition) is 4. The maximum absolute atomic E-state index is 11.6. The molecule has 0 radical (unpaired) electrons. The monoisotopic (exact) mass is 281 g/mol. The first-order valence-corrected chi connectivity index (χ1v) is 6.33. The van der Waals surface area contributed by atoms with E-state index < -0.39 is 17.9 Å². The molecule has 1 aromatic rings. The van der Waals surface area contributed by atoms with Crippen LogP contribution < -0.4 is 10.1 Å². The lowest BCUT2D eigenvalue weighted by molar-refractivity contribution is -0.142. The molecule has 0 unspecified atom stereocenters. The smallest absolute Gasteiger partial charge is 0.326 e. The van der Waals surface area contributed by atoms with Gasteiger partial charge in [0.15, 0.2) is 18.1 Å². The summed E-state index contributed by atoms with van der Waals surface area (Å²) < 4.78 is 5.13. The van der Waals surface area contributed by atoms with E-state index in [9.17, 15) is 14.7 Å². The topological polar surface area (TPSA) is 95.9 Å². The molecule has 0 heterocycles. The highest BCUT2D eigenvalue weighted by atomic mass is 16.5. The molecule has 6 heteroatoms. The van der Waals surface area contributed by atoms with Crippen LogP contribution in [0.3, 0.4) is 0 Å². The standard InChI is InChI=1S/C14H19NO5/c1-9(2)7-10(14(18)19)15-13(17)8-20-12-6-4-3-5-11(12)16/h3-6,9-10,16H,7-8H2,1-2H3,(H,15,17)(H,18,19)/t10-/m1/s1. The third-order valence-corrected chi connectivity index (χ3v) is 2.56. The second kappa shape index (κ2) is 7.37. The van der Waals surface area contributed by atoms with Gasteiger partial charge in [0, 0.05) is 0 Å². The number of rotatable bonds is 7. The molecular formula is C14H19NO5. The summed E-state index contributed by atoms with van der Waals surface area (Å²) in [6.45, 7) is 3.40. The minimum absolute atomic E-state index is 0.0720. The molecule has 0 aromatic heterocycles. The number of amides is 1. The number of aliphatic carboxylic acids is 1. The molecule has 0 saturated heterocycles. The van der Waals surface area contributed by atoms with Gasteiger partial charge in [-0.15, -0.1) is 0 Å². The minimum atomic E-state index is -1.07. The van der Waals surface area contributed by atoms with Crippen LogP contribution >= 0.6 is 0 Å². The van der Waals surface area contributed by atoms with E-state index >= 15 is 0 Å². The lowest BCUT2D eigenvalue weighted by atomic mass is 10.0. The lowest BCUT2D eigenvalue weighted by Gasteiger charge is -2.16. The fourth-order valence-electron chi connectivity index (χ4n) is 1.65. The molecule has 1 atom stereocenters. The van der Waals surface area contributed by atoms with Gasteiger partial charge in [0.2, 0.25) is 0 Å². The summed E-state index contributed by atoms with van der Waals surface area (Å²) in [5.41, 5.74) is 0. The highest BCUT2D eigenvalue weighted by Crippen LogP contribution is 2.23.